The molecule has 0 fully saturated rings. The lowest BCUT2D eigenvalue weighted by molar-refractivity contribution is 0.0686. The number of hydrogen-bond donors (Lipinski definition) is 1. The maximum Gasteiger partial charge on any atom is 0.341 e. The van der Waals surface area contributed by atoms with E-state index >= 15 is 0 Å². The van der Waals surface area contributed by atoms with E-state index in [1.54, 1.807) is 0 Å². The van der Waals surface area contributed by atoms with Gasteiger partial charge in [-0.15, -0.1) is 0 Å². The second-order valence-electron chi connectivity index (χ2n) is 4.49. The number of carboxylic acid groups (broad SMARTS) is 1. The van der Waals surface area contributed by atoms with Crippen molar-refractivity contribution in [3.05, 3.63) is 52.6 Å². The summed E-state index contributed by atoms with van der Waals surface area (Å²) in [5, 5.41) is 8.71. The molecule has 1 aliphatic carbocycles. The van der Waals surface area contributed by atoms with Gasteiger partial charge in [-0.3, -0.25) is 0 Å². The van der Waals surface area contributed by atoms with Crippen LogP contribution in [0.15, 0.2) is 29.9 Å². The topological polar surface area (TPSA) is 37.3 Å². The van der Waals surface area contributed by atoms with Crippen molar-refractivity contribution in [3.63, 3.8) is 0 Å². The van der Waals surface area contributed by atoms with Crippen LogP contribution in [0.2, 0.25) is 0 Å². The maximum atomic E-state index is 13.6. The van der Waals surface area contributed by atoms with Crippen molar-refractivity contribution < 1.29 is 18.7 Å². The standard InChI is InChI=1S/C15H14F2O2/c1-2-9-3-5-10(6-4-9)11-7-12(16)14(15(18)19)13(17)8-11/h3,5,7-8H,2,4,6H2,1H3,(H,18,19). The summed E-state index contributed by atoms with van der Waals surface area (Å²) in [6, 6.07) is 2.17. The SMILES string of the molecule is CCC1=CC=C(c2cc(F)c(C(=O)O)c(F)c2)CC1. The highest BCUT2D eigenvalue weighted by atomic mass is 19.1. The van der Waals surface area contributed by atoms with Crippen LogP contribution >= 0.6 is 0 Å². The van der Waals surface area contributed by atoms with Crippen LogP contribution < -0.4 is 0 Å². The highest BCUT2D eigenvalue weighted by Crippen LogP contribution is 2.29. The van der Waals surface area contributed by atoms with E-state index in [9.17, 15) is 13.6 Å². The molecule has 0 bridgehead atoms. The number of carbonyl (C=O) groups is 1. The zero-order valence-electron chi connectivity index (χ0n) is 10.5. The van der Waals surface area contributed by atoms with Gasteiger partial charge in [0.05, 0.1) is 0 Å². The molecule has 1 N–H and O–H groups in total. The third-order valence-corrected chi connectivity index (χ3v) is 3.32. The Bertz CT molecular complexity index is 563. The lowest BCUT2D eigenvalue weighted by Gasteiger charge is -2.14. The molecule has 0 saturated carbocycles. The summed E-state index contributed by atoms with van der Waals surface area (Å²) in [7, 11) is 0. The quantitative estimate of drug-likeness (QED) is 0.889. The molecule has 0 unspecified atom stereocenters. The van der Waals surface area contributed by atoms with Crippen LogP contribution in [0.25, 0.3) is 5.57 Å². The molecule has 2 rings (SSSR count). The van der Waals surface area contributed by atoms with E-state index < -0.39 is 23.2 Å². The fourth-order valence-corrected chi connectivity index (χ4v) is 2.18. The molecular formula is C15H14F2O2. The Morgan fingerprint density at radius 1 is 1.21 bits per heavy atom. The van der Waals surface area contributed by atoms with Crippen LogP contribution in [0.5, 0.6) is 0 Å². The summed E-state index contributed by atoms with van der Waals surface area (Å²) in [4.78, 5) is 10.7. The highest BCUT2D eigenvalue weighted by molar-refractivity contribution is 5.89. The van der Waals surface area contributed by atoms with Crippen LogP contribution in [-0.2, 0) is 0 Å². The molecule has 1 aliphatic rings. The van der Waals surface area contributed by atoms with Crippen molar-refractivity contribution in [2.24, 2.45) is 0 Å². The van der Waals surface area contributed by atoms with Gasteiger partial charge in [0.2, 0.25) is 0 Å². The Kier molecular flexibility index (Phi) is 3.79. The highest BCUT2D eigenvalue weighted by Gasteiger charge is 2.19. The van der Waals surface area contributed by atoms with Gasteiger partial charge in [0.25, 0.3) is 0 Å². The molecule has 0 spiro atoms. The first-order valence-corrected chi connectivity index (χ1v) is 6.14. The average molecular weight is 264 g/mol. The van der Waals surface area contributed by atoms with Gasteiger partial charge in [0, 0.05) is 0 Å². The molecule has 0 amide bonds. The Morgan fingerprint density at radius 2 is 1.84 bits per heavy atom. The predicted molar refractivity (Wildman–Crippen MR) is 68.9 cm³/mol. The van der Waals surface area contributed by atoms with Gasteiger partial charge in [-0.05, 0) is 42.5 Å². The van der Waals surface area contributed by atoms with E-state index in [0.29, 0.717) is 12.0 Å². The first-order chi connectivity index (χ1) is 9.02. The molecule has 0 heterocycles. The van der Waals surface area contributed by atoms with E-state index in [1.165, 1.54) is 5.57 Å². The van der Waals surface area contributed by atoms with Gasteiger partial charge in [-0.2, -0.15) is 0 Å². The Hall–Kier alpha value is -1.97. The number of hydrogen-bond acceptors (Lipinski definition) is 1. The molecule has 0 saturated heterocycles. The molecule has 0 aliphatic heterocycles. The summed E-state index contributed by atoms with van der Waals surface area (Å²) in [6.45, 7) is 2.06. The number of aromatic carboxylic acids is 1. The van der Waals surface area contributed by atoms with Gasteiger partial charge >= 0.3 is 5.97 Å². The number of carboxylic acids is 1. The molecule has 1 aromatic rings. The van der Waals surface area contributed by atoms with E-state index in [-0.39, 0.29) is 0 Å². The van der Waals surface area contributed by atoms with Crippen molar-refractivity contribution in [3.8, 4) is 0 Å². The first kappa shape index (κ1) is 13.5. The lowest BCUT2D eigenvalue weighted by Crippen LogP contribution is -2.06. The van der Waals surface area contributed by atoms with Crippen LogP contribution in [0.1, 0.15) is 42.1 Å². The summed E-state index contributed by atoms with van der Waals surface area (Å²) < 4.78 is 27.2. The fraction of sp³-hybridized carbons (Fsp3) is 0.267. The Balaban J connectivity index is 2.41. The van der Waals surface area contributed by atoms with Crippen molar-refractivity contribution in [2.75, 3.05) is 0 Å². The smallest absolute Gasteiger partial charge is 0.341 e. The number of halogens is 2. The third-order valence-electron chi connectivity index (χ3n) is 3.32. The lowest BCUT2D eigenvalue weighted by atomic mass is 9.91. The van der Waals surface area contributed by atoms with Gasteiger partial charge in [-0.1, -0.05) is 24.6 Å². The minimum absolute atomic E-state index is 0.409. The van der Waals surface area contributed by atoms with E-state index in [1.807, 2.05) is 12.2 Å². The van der Waals surface area contributed by atoms with Gasteiger partial charge < -0.3 is 5.11 Å². The van der Waals surface area contributed by atoms with Crippen molar-refractivity contribution in [1.29, 1.82) is 0 Å². The number of allylic oxidation sites excluding steroid dienone is 4. The first-order valence-electron chi connectivity index (χ1n) is 6.14. The maximum absolute atomic E-state index is 13.6. The summed E-state index contributed by atoms with van der Waals surface area (Å²) in [5.74, 6) is -3.66. The van der Waals surface area contributed by atoms with Crippen molar-refractivity contribution in [1.82, 2.24) is 0 Å². The molecule has 0 aromatic heterocycles. The summed E-state index contributed by atoms with van der Waals surface area (Å²) in [5.41, 5.74) is 1.63. The third kappa shape index (κ3) is 2.72. The van der Waals surface area contributed by atoms with Gasteiger partial charge in [-0.25, -0.2) is 13.6 Å². The molecule has 0 radical (unpaired) electrons. The minimum Gasteiger partial charge on any atom is -0.477 e. The summed E-state index contributed by atoms with van der Waals surface area (Å²) >= 11 is 0. The molecule has 100 valence electrons. The summed E-state index contributed by atoms with van der Waals surface area (Å²) in [6.07, 6.45) is 6.35. The fourth-order valence-electron chi connectivity index (χ4n) is 2.18. The molecule has 4 heteroatoms. The number of benzene rings is 1. The van der Waals surface area contributed by atoms with Gasteiger partial charge in [0.1, 0.15) is 17.2 Å². The zero-order chi connectivity index (χ0) is 14.0. The normalized spacial score (nSPS) is 14.9. The molecule has 2 nitrogen and oxygen atoms in total. The molecule has 1 aromatic carbocycles. The average Bonchev–Trinajstić information content (AvgIpc) is 2.37. The van der Waals surface area contributed by atoms with Crippen LogP contribution in [0.3, 0.4) is 0 Å². The van der Waals surface area contributed by atoms with E-state index in [2.05, 4.69) is 6.92 Å². The molecular weight excluding hydrogens is 250 g/mol. The molecule has 19 heavy (non-hydrogen) atoms. The second kappa shape index (κ2) is 5.34. The van der Waals surface area contributed by atoms with E-state index in [0.717, 1.165) is 30.5 Å². The van der Waals surface area contributed by atoms with Crippen LogP contribution in [0, 0.1) is 11.6 Å². The predicted octanol–water partition coefficient (Wildman–Crippen LogP) is 4.18. The van der Waals surface area contributed by atoms with Gasteiger partial charge in [0.15, 0.2) is 0 Å². The van der Waals surface area contributed by atoms with E-state index in [4.69, 9.17) is 5.11 Å². The van der Waals surface area contributed by atoms with Crippen LogP contribution in [-0.4, -0.2) is 11.1 Å². The second-order valence-corrected chi connectivity index (χ2v) is 4.49. The monoisotopic (exact) mass is 264 g/mol. The largest absolute Gasteiger partial charge is 0.477 e. The Labute approximate surface area is 110 Å². The zero-order valence-corrected chi connectivity index (χ0v) is 10.5. The Morgan fingerprint density at radius 3 is 2.26 bits per heavy atom. The van der Waals surface area contributed by atoms with Crippen molar-refractivity contribution >= 4 is 11.5 Å². The molecule has 0 atom stereocenters. The number of rotatable bonds is 3. The van der Waals surface area contributed by atoms with Crippen LogP contribution in [0.4, 0.5) is 8.78 Å². The van der Waals surface area contributed by atoms with Crippen molar-refractivity contribution in [2.45, 2.75) is 26.2 Å². The minimum atomic E-state index is -1.59.